The van der Waals surface area contributed by atoms with E-state index in [0.29, 0.717) is 65.2 Å². The number of methoxy groups -OCH3 is 2. The molecule has 0 saturated carbocycles. The van der Waals surface area contributed by atoms with E-state index in [9.17, 15) is 9.90 Å². The summed E-state index contributed by atoms with van der Waals surface area (Å²) in [6.07, 6.45) is 3.17. The summed E-state index contributed by atoms with van der Waals surface area (Å²) < 4.78 is 16.7. The number of carbonyl (C=O) groups excluding carboxylic acids is 1. The molecule has 48 heavy (non-hydrogen) atoms. The maximum atomic E-state index is 12.2. The summed E-state index contributed by atoms with van der Waals surface area (Å²) in [6.45, 7) is 5.48. The highest BCUT2D eigenvalue weighted by molar-refractivity contribution is 6.39. The Morgan fingerprint density at radius 2 is 1.62 bits per heavy atom. The van der Waals surface area contributed by atoms with Crippen molar-refractivity contribution in [3.05, 3.63) is 81.6 Å². The molecule has 1 atom stereocenters. The van der Waals surface area contributed by atoms with Crippen LogP contribution in [0.25, 0.3) is 33.5 Å². The molecule has 0 spiro atoms. The Bertz CT molecular complexity index is 1860. The number of aliphatic hydroxyl groups excluding tert-OH is 1. The molecule has 3 heterocycles. The number of nitrogens with zero attached hydrogens (tertiary/aromatic N) is 4. The molecule has 250 valence electrons. The first-order valence-electron chi connectivity index (χ1n) is 16.3. The van der Waals surface area contributed by atoms with Crippen LogP contribution in [0.15, 0.2) is 54.7 Å². The molecule has 9 nitrogen and oxygen atoms in total. The zero-order chi connectivity index (χ0) is 33.5. The lowest BCUT2D eigenvalue weighted by Crippen LogP contribution is -2.55. The summed E-state index contributed by atoms with van der Waals surface area (Å²) in [5, 5.41) is 10.7. The minimum Gasteiger partial charge on any atom is -0.496 e. The number of halogens is 2. The van der Waals surface area contributed by atoms with Gasteiger partial charge in [-0.1, -0.05) is 65.7 Å². The second-order valence-corrected chi connectivity index (χ2v) is 13.4. The van der Waals surface area contributed by atoms with Crippen LogP contribution in [0.2, 0.25) is 10.0 Å². The zero-order valence-electron chi connectivity index (χ0n) is 27.2. The van der Waals surface area contributed by atoms with Crippen molar-refractivity contribution in [2.45, 2.75) is 38.5 Å². The van der Waals surface area contributed by atoms with Gasteiger partial charge >= 0.3 is 5.97 Å². The van der Waals surface area contributed by atoms with Crippen LogP contribution in [-0.2, 0) is 28.9 Å². The number of hydrogen-bond acceptors (Lipinski definition) is 9. The fraction of sp³-hybridized carbons (Fsp3) is 0.378. The second kappa shape index (κ2) is 13.6. The van der Waals surface area contributed by atoms with Crippen molar-refractivity contribution in [3.8, 4) is 45.1 Å². The summed E-state index contributed by atoms with van der Waals surface area (Å²) in [4.78, 5) is 26.0. The third kappa shape index (κ3) is 6.14. The van der Waals surface area contributed by atoms with Gasteiger partial charge in [0.05, 0.1) is 54.8 Å². The molecule has 4 aromatic rings. The quantitative estimate of drug-likeness (QED) is 0.203. The van der Waals surface area contributed by atoms with E-state index < -0.39 is 0 Å². The number of fused-ring (bicyclic) bond motifs is 1. The van der Waals surface area contributed by atoms with Crippen molar-refractivity contribution in [1.82, 2.24) is 19.8 Å². The number of benzene rings is 3. The van der Waals surface area contributed by atoms with E-state index in [2.05, 4.69) is 26.9 Å². The molecule has 0 amide bonds. The summed E-state index contributed by atoms with van der Waals surface area (Å²) in [5.41, 5.74) is 7.89. The monoisotopic (exact) mass is 688 g/mol. The van der Waals surface area contributed by atoms with E-state index in [0.717, 1.165) is 53.9 Å². The molecule has 1 aromatic heterocycles. The average Bonchev–Trinajstić information content (AvgIpc) is 3.47. The fourth-order valence-corrected chi connectivity index (χ4v) is 7.74. The Kier molecular flexibility index (Phi) is 9.32. The lowest BCUT2D eigenvalue weighted by atomic mass is 9.95. The topological polar surface area (TPSA) is 97.3 Å². The number of esters is 1. The molecule has 0 radical (unpaired) electrons. The summed E-state index contributed by atoms with van der Waals surface area (Å²) in [7, 11) is 3.28. The van der Waals surface area contributed by atoms with E-state index in [1.807, 2.05) is 43.3 Å². The maximum absolute atomic E-state index is 12.2. The molecule has 1 N–H and O–H groups in total. The van der Waals surface area contributed by atoms with Crippen LogP contribution in [0.3, 0.4) is 0 Å². The Hall–Kier alpha value is -3.73. The van der Waals surface area contributed by atoms with E-state index in [4.69, 9.17) is 42.4 Å². The van der Waals surface area contributed by atoms with Crippen molar-refractivity contribution in [1.29, 1.82) is 0 Å². The minimum atomic E-state index is -0.295. The van der Waals surface area contributed by atoms with Gasteiger partial charge in [0.1, 0.15) is 11.4 Å². The lowest BCUT2D eigenvalue weighted by molar-refractivity contribution is -0.155. The molecule has 3 aliphatic rings. The summed E-state index contributed by atoms with van der Waals surface area (Å²) >= 11 is 14.3. The molecule has 2 saturated heterocycles. The van der Waals surface area contributed by atoms with Crippen LogP contribution in [0.5, 0.6) is 11.6 Å². The Labute approximate surface area is 290 Å². The first kappa shape index (κ1) is 32.8. The van der Waals surface area contributed by atoms with Crippen molar-refractivity contribution in [2.24, 2.45) is 5.92 Å². The van der Waals surface area contributed by atoms with Gasteiger partial charge in [0.25, 0.3) is 0 Å². The highest BCUT2D eigenvalue weighted by Crippen LogP contribution is 2.45. The van der Waals surface area contributed by atoms with Gasteiger partial charge in [-0.3, -0.25) is 19.6 Å². The predicted octanol–water partition coefficient (Wildman–Crippen LogP) is 5.94. The Balaban J connectivity index is 1.15. The van der Waals surface area contributed by atoms with Gasteiger partial charge in [-0.25, -0.2) is 4.98 Å². The van der Waals surface area contributed by atoms with Crippen molar-refractivity contribution < 1.29 is 24.1 Å². The van der Waals surface area contributed by atoms with E-state index in [-0.39, 0.29) is 18.0 Å². The number of rotatable bonds is 10. The van der Waals surface area contributed by atoms with Gasteiger partial charge in [-0.05, 0) is 42.5 Å². The maximum Gasteiger partial charge on any atom is 0.311 e. The van der Waals surface area contributed by atoms with Gasteiger partial charge < -0.3 is 19.3 Å². The van der Waals surface area contributed by atoms with Crippen LogP contribution in [-0.4, -0.2) is 90.0 Å². The van der Waals surface area contributed by atoms with E-state index in [1.165, 1.54) is 11.1 Å². The number of aromatic nitrogens is 2. The lowest BCUT2D eigenvalue weighted by Gasteiger charge is -2.41. The summed E-state index contributed by atoms with van der Waals surface area (Å²) in [6, 6.07) is 16.4. The van der Waals surface area contributed by atoms with Gasteiger partial charge in [0, 0.05) is 61.0 Å². The van der Waals surface area contributed by atoms with Crippen molar-refractivity contribution >= 4 is 29.2 Å². The first-order valence-corrected chi connectivity index (χ1v) is 17.0. The number of carbonyl (C=O) groups is 1. The molecule has 0 unspecified atom stereocenters. The standard InChI is InChI=1S/C37H38Cl2N4O5/c1-4-48-37(45)23-16-43(17-23)24-12-21-11-22(13-33(46-2)30(21)14-24)26-7-5-8-27(34(26)38)28-9-6-10-29(35(28)39)31-15-40-32(36(41-31)47-3)20-42-18-25(44)19-42/h5-11,13,15,23-25,44H,4,12,14,16-20H2,1-3H3/t24-/m1/s1. The van der Waals surface area contributed by atoms with Crippen LogP contribution in [0, 0.1) is 5.92 Å². The second-order valence-electron chi connectivity index (χ2n) is 12.7. The van der Waals surface area contributed by atoms with Crippen molar-refractivity contribution in [3.63, 3.8) is 0 Å². The molecular formula is C37H38Cl2N4O5. The fourth-order valence-electron chi connectivity index (χ4n) is 7.08. The van der Waals surface area contributed by atoms with Gasteiger partial charge in [0.15, 0.2) is 0 Å². The van der Waals surface area contributed by atoms with E-state index in [1.54, 1.807) is 20.4 Å². The molecule has 11 heteroatoms. The average molecular weight is 690 g/mol. The number of ether oxygens (including phenoxy) is 3. The summed E-state index contributed by atoms with van der Waals surface area (Å²) in [5.74, 6) is 1.12. The van der Waals surface area contributed by atoms with Gasteiger partial charge in [-0.2, -0.15) is 0 Å². The molecular weight excluding hydrogens is 651 g/mol. The minimum absolute atomic E-state index is 0.0441. The number of likely N-dealkylation sites (tertiary alicyclic amines) is 2. The number of hydrogen-bond donors (Lipinski definition) is 1. The largest absolute Gasteiger partial charge is 0.496 e. The SMILES string of the molecule is CCOC(=O)C1CN([C@@H]2Cc3cc(-c4cccc(-c5cccc(-c6cnc(CN7CC(O)C7)c(OC)n6)c5Cl)c4Cl)cc(OC)c3C2)C1. The zero-order valence-corrected chi connectivity index (χ0v) is 28.7. The van der Waals surface area contributed by atoms with Crippen LogP contribution in [0.4, 0.5) is 0 Å². The molecule has 1 aliphatic carbocycles. The smallest absolute Gasteiger partial charge is 0.311 e. The molecule has 2 aliphatic heterocycles. The molecule has 3 aromatic carbocycles. The predicted molar refractivity (Wildman–Crippen MR) is 186 cm³/mol. The molecule has 7 rings (SSSR count). The van der Waals surface area contributed by atoms with E-state index >= 15 is 0 Å². The van der Waals surface area contributed by atoms with Gasteiger partial charge in [0.2, 0.25) is 5.88 Å². The normalized spacial score (nSPS) is 18.2. The van der Waals surface area contributed by atoms with Gasteiger partial charge in [-0.15, -0.1) is 0 Å². The number of aliphatic hydroxyl groups is 1. The highest BCUT2D eigenvalue weighted by Gasteiger charge is 2.40. The Morgan fingerprint density at radius 3 is 2.29 bits per heavy atom. The van der Waals surface area contributed by atoms with Crippen LogP contribution in [0.1, 0.15) is 23.7 Å². The van der Waals surface area contributed by atoms with Crippen LogP contribution >= 0.6 is 23.2 Å². The molecule has 2 fully saturated rings. The van der Waals surface area contributed by atoms with Crippen molar-refractivity contribution in [2.75, 3.05) is 47.0 Å². The molecule has 0 bridgehead atoms. The third-order valence-electron chi connectivity index (χ3n) is 9.65. The first-order chi connectivity index (χ1) is 23.3. The number of β-amino-alcohol motifs (C(OH)–C–C–N with tert-alkyl or cyclic N) is 1. The van der Waals surface area contributed by atoms with Crippen LogP contribution < -0.4 is 9.47 Å². The Morgan fingerprint density at radius 1 is 0.938 bits per heavy atom. The third-order valence-corrected chi connectivity index (χ3v) is 10.5. The highest BCUT2D eigenvalue weighted by atomic mass is 35.5.